The number of hydrogen-bond donors (Lipinski definition) is 3. The minimum atomic E-state index is -1.19. The molecule has 4 aromatic rings. The van der Waals surface area contributed by atoms with Gasteiger partial charge >= 0.3 is 0 Å². The Morgan fingerprint density at radius 1 is 0.838 bits per heavy atom. The van der Waals surface area contributed by atoms with Crippen molar-refractivity contribution in [3.8, 4) is 0 Å². The summed E-state index contributed by atoms with van der Waals surface area (Å²) in [5.41, 5.74) is 2.63. The highest BCUT2D eigenvalue weighted by Crippen LogP contribution is 2.36. The van der Waals surface area contributed by atoms with Gasteiger partial charge in [-0.3, -0.25) is 19.9 Å². The van der Waals surface area contributed by atoms with Crippen LogP contribution in [0.2, 0.25) is 0 Å². The van der Waals surface area contributed by atoms with E-state index in [1.165, 1.54) is 4.90 Å². The Morgan fingerprint density at radius 3 is 2.11 bits per heavy atom. The zero-order chi connectivity index (χ0) is 25.8. The number of guanidine groups is 1. The molecule has 0 radical (unpaired) electrons. The number of hydrogen-bond acceptors (Lipinski definition) is 3. The van der Waals surface area contributed by atoms with E-state index in [0.29, 0.717) is 12.1 Å². The van der Waals surface area contributed by atoms with Gasteiger partial charge in [0.05, 0.1) is 6.54 Å². The Hall–Kier alpha value is -3.98. The first-order chi connectivity index (χ1) is 18.0. The van der Waals surface area contributed by atoms with Crippen LogP contribution in [0.4, 0.5) is 0 Å². The molecule has 6 nitrogen and oxygen atoms in total. The van der Waals surface area contributed by atoms with Crippen molar-refractivity contribution in [2.75, 3.05) is 0 Å². The van der Waals surface area contributed by atoms with E-state index < -0.39 is 5.54 Å². The van der Waals surface area contributed by atoms with Gasteiger partial charge in [-0.1, -0.05) is 84.9 Å². The highest BCUT2D eigenvalue weighted by molar-refractivity contribution is 14.1. The molecule has 184 valence electrons. The van der Waals surface area contributed by atoms with Crippen LogP contribution in [0.15, 0.2) is 109 Å². The van der Waals surface area contributed by atoms with E-state index in [1.54, 1.807) is 18.2 Å². The molecule has 0 aliphatic carbocycles. The molecule has 4 aromatic carbocycles. The van der Waals surface area contributed by atoms with Gasteiger partial charge in [0, 0.05) is 15.7 Å². The van der Waals surface area contributed by atoms with E-state index in [4.69, 9.17) is 5.41 Å². The Kier molecular flexibility index (Phi) is 7.05. The maximum Gasteiger partial charge on any atom is 0.264 e. The molecule has 2 amide bonds. The summed E-state index contributed by atoms with van der Waals surface area (Å²) in [7, 11) is 0. The molecule has 37 heavy (non-hydrogen) atoms. The fourth-order valence-electron chi connectivity index (χ4n) is 4.61. The van der Waals surface area contributed by atoms with Crippen molar-refractivity contribution >= 4 is 40.4 Å². The fourth-order valence-corrected chi connectivity index (χ4v) is 5.22. The fraction of sp³-hybridized carbons (Fsp3) is 0.100. The summed E-state index contributed by atoms with van der Waals surface area (Å²) in [6.07, 6.45) is 0. The largest absolute Gasteiger partial charge is 0.348 e. The third kappa shape index (κ3) is 4.99. The van der Waals surface area contributed by atoms with E-state index >= 15 is 0 Å². The molecule has 0 aromatic heterocycles. The molecule has 0 saturated carbocycles. The zero-order valence-corrected chi connectivity index (χ0v) is 22.1. The first kappa shape index (κ1) is 24.7. The summed E-state index contributed by atoms with van der Waals surface area (Å²) < 4.78 is 1.11. The number of nitrogens with one attached hydrogen (secondary N) is 3. The van der Waals surface area contributed by atoms with Crippen LogP contribution in [-0.4, -0.2) is 22.7 Å². The van der Waals surface area contributed by atoms with Crippen LogP contribution in [0.25, 0.3) is 0 Å². The molecular weight excluding hydrogens is 575 g/mol. The molecule has 0 spiro atoms. The summed E-state index contributed by atoms with van der Waals surface area (Å²) >= 11 is 2.25. The van der Waals surface area contributed by atoms with E-state index in [2.05, 4.69) is 33.2 Å². The third-order valence-electron chi connectivity index (χ3n) is 6.43. The number of nitrogens with zero attached hydrogens (tertiary/aromatic N) is 1. The van der Waals surface area contributed by atoms with Crippen molar-refractivity contribution in [3.05, 3.63) is 141 Å². The predicted octanol–water partition coefficient (Wildman–Crippen LogP) is 5.03. The Bertz CT molecular complexity index is 1420. The number of amides is 2. The van der Waals surface area contributed by atoms with Crippen molar-refractivity contribution in [3.63, 3.8) is 0 Å². The molecule has 1 saturated heterocycles. The lowest BCUT2D eigenvalue weighted by atomic mass is 9.82. The van der Waals surface area contributed by atoms with E-state index in [9.17, 15) is 9.59 Å². The van der Waals surface area contributed by atoms with Gasteiger partial charge in [-0.25, -0.2) is 0 Å². The van der Waals surface area contributed by atoms with Crippen LogP contribution in [0.5, 0.6) is 0 Å². The second-order valence-electron chi connectivity index (χ2n) is 8.86. The molecule has 1 heterocycles. The summed E-state index contributed by atoms with van der Waals surface area (Å²) in [6.45, 7) is 0.597. The summed E-state index contributed by atoms with van der Waals surface area (Å²) in [5.74, 6) is -0.403. The molecular formula is C30H25IN4O2. The molecule has 1 aliphatic heterocycles. The quantitative estimate of drug-likeness (QED) is 0.260. The van der Waals surface area contributed by atoms with Crippen LogP contribution in [-0.2, 0) is 23.4 Å². The molecule has 1 aliphatic rings. The molecule has 0 unspecified atom stereocenters. The van der Waals surface area contributed by atoms with Gasteiger partial charge < -0.3 is 10.6 Å². The highest BCUT2D eigenvalue weighted by Gasteiger charge is 2.52. The first-order valence-corrected chi connectivity index (χ1v) is 13.0. The van der Waals surface area contributed by atoms with E-state index in [-0.39, 0.29) is 24.3 Å². The van der Waals surface area contributed by atoms with E-state index in [1.807, 2.05) is 91.0 Å². The van der Waals surface area contributed by atoms with Crippen LogP contribution in [0.3, 0.4) is 0 Å². The standard InChI is InChI=1S/C30H25IN4O2/c31-26-16-8-9-21(18-26)19-33-27(36)23-11-7-10-22(17-23)20-35-28(37)30(34-29(35)32,24-12-3-1-4-13-24)25-14-5-2-6-15-25/h1-18H,19-20H2,(H2,32,34)(H,33,36). The number of carbonyl (C=O) groups is 2. The maximum absolute atomic E-state index is 14.0. The highest BCUT2D eigenvalue weighted by atomic mass is 127. The molecule has 0 atom stereocenters. The van der Waals surface area contributed by atoms with Gasteiger partial charge in [0.2, 0.25) is 0 Å². The van der Waals surface area contributed by atoms with Gasteiger partial charge in [0.15, 0.2) is 11.5 Å². The molecule has 7 heteroatoms. The second kappa shape index (κ2) is 10.6. The number of halogens is 1. The van der Waals surface area contributed by atoms with E-state index in [0.717, 1.165) is 25.8 Å². The molecule has 5 rings (SSSR count). The topological polar surface area (TPSA) is 85.3 Å². The summed E-state index contributed by atoms with van der Waals surface area (Å²) in [5, 5.41) is 14.8. The lowest BCUT2D eigenvalue weighted by Crippen LogP contribution is -2.45. The lowest BCUT2D eigenvalue weighted by molar-refractivity contribution is -0.130. The van der Waals surface area contributed by atoms with Gasteiger partial charge in [0.1, 0.15) is 0 Å². The summed E-state index contributed by atoms with van der Waals surface area (Å²) in [6, 6.07) is 34.1. The zero-order valence-electron chi connectivity index (χ0n) is 19.9. The predicted molar refractivity (Wildman–Crippen MR) is 152 cm³/mol. The van der Waals surface area contributed by atoms with Crippen molar-refractivity contribution in [2.24, 2.45) is 0 Å². The normalized spacial score (nSPS) is 14.4. The van der Waals surface area contributed by atoms with Gasteiger partial charge in [0.25, 0.3) is 11.8 Å². The smallest absolute Gasteiger partial charge is 0.264 e. The van der Waals surface area contributed by atoms with Crippen molar-refractivity contribution in [1.29, 1.82) is 5.41 Å². The molecule has 1 fully saturated rings. The van der Waals surface area contributed by atoms with Crippen LogP contribution >= 0.6 is 22.6 Å². The molecule has 0 bridgehead atoms. The van der Waals surface area contributed by atoms with Crippen LogP contribution in [0, 0.1) is 8.98 Å². The Labute approximate surface area is 229 Å². The van der Waals surface area contributed by atoms with Crippen molar-refractivity contribution < 1.29 is 9.59 Å². The summed E-state index contributed by atoms with van der Waals surface area (Å²) in [4.78, 5) is 28.3. The minimum Gasteiger partial charge on any atom is -0.348 e. The lowest BCUT2D eigenvalue weighted by Gasteiger charge is -2.28. The third-order valence-corrected chi connectivity index (χ3v) is 7.10. The Balaban J connectivity index is 1.38. The van der Waals surface area contributed by atoms with Gasteiger partial charge in [-0.2, -0.15) is 0 Å². The minimum absolute atomic E-state index is 0.0197. The average molecular weight is 600 g/mol. The number of benzene rings is 4. The Morgan fingerprint density at radius 2 is 1.46 bits per heavy atom. The molecule has 3 N–H and O–H groups in total. The number of carbonyl (C=O) groups excluding carboxylic acids is 2. The van der Waals surface area contributed by atoms with Gasteiger partial charge in [-0.05, 0) is 69.1 Å². The van der Waals surface area contributed by atoms with Crippen molar-refractivity contribution in [2.45, 2.75) is 18.6 Å². The first-order valence-electron chi connectivity index (χ1n) is 11.9. The monoisotopic (exact) mass is 600 g/mol. The van der Waals surface area contributed by atoms with Gasteiger partial charge in [-0.15, -0.1) is 0 Å². The number of rotatable bonds is 7. The van der Waals surface area contributed by atoms with Crippen molar-refractivity contribution in [1.82, 2.24) is 15.5 Å². The second-order valence-corrected chi connectivity index (χ2v) is 10.1. The SMILES string of the molecule is N=C1NC(c2ccccc2)(c2ccccc2)C(=O)N1Cc1cccc(C(=O)NCc2cccc(I)c2)c1. The van der Waals surface area contributed by atoms with Crippen LogP contribution < -0.4 is 10.6 Å². The average Bonchev–Trinajstić information content (AvgIpc) is 3.18. The maximum atomic E-state index is 14.0. The van der Waals surface area contributed by atoms with Crippen LogP contribution in [0.1, 0.15) is 32.6 Å².